The minimum Gasteiger partial charge on any atom is -0.378 e. The van der Waals surface area contributed by atoms with Crippen molar-refractivity contribution in [3.63, 3.8) is 0 Å². The van der Waals surface area contributed by atoms with Crippen LogP contribution in [0.5, 0.6) is 0 Å². The molecule has 1 atom stereocenters. The molecule has 3 aromatic carbocycles. The summed E-state index contributed by atoms with van der Waals surface area (Å²) in [5, 5.41) is 3.53. The summed E-state index contributed by atoms with van der Waals surface area (Å²) in [5.74, 6) is 0.148. The monoisotopic (exact) mass is 343 g/mol. The molecule has 132 valence electrons. The summed E-state index contributed by atoms with van der Waals surface area (Å²) in [7, 11) is 0. The van der Waals surface area contributed by atoms with Gasteiger partial charge in [-0.25, -0.2) is 0 Å². The van der Waals surface area contributed by atoms with Gasteiger partial charge in [-0.15, -0.1) is 0 Å². The van der Waals surface area contributed by atoms with Crippen molar-refractivity contribution in [3.05, 3.63) is 101 Å². The summed E-state index contributed by atoms with van der Waals surface area (Å²) in [6.45, 7) is 6.17. The Hall–Kier alpha value is -2.87. The van der Waals surface area contributed by atoms with E-state index in [9.17, 15) is 4.79 Å². The zero-order valence-electron chi connectivity index (χ0n) is 15.6. The molecule has 3 aromatic rings. The molecule has 3 rings (SSSR count). The lowest BCUT2D eigenvalue weighted by molar-refractivity contribution is 0.0976. The standard InChI is InChI=1S/C24H25NO/c1-17-4-10-20(11-5-17)23(25-22-14-8-19(3)9-15-22)16-24(26)21-12-6-18(2)7-13-21/h4-15,23,25H,16H2,1-3H3. The van der Waals surface area contributed by atoms with Crippen LogP contribution in [0.4, 0.5) is 5.69 Å². The molecular weight excluding hydrogens is 318 g/mol. The van der Waals surface area contributed by atoms with Crippen molar-refractivity contribution in [1.29, 1.82) is 0 Å². The molecule has 0 bridgehead atoms. The number of carbonyl (C=O) groups excluding carboxylic acids is 1. The molecule has 0 radical (unpaired) electrons. The fourth-order valence-corrected chi connectivity index (χ4v) is 2.94. The fraction of sp³-hybridized carbons (Fsp3) is 0.208. The molecule has 0 amide bonds. The van der Waals surface area contributed by atoms with Gasteiger partial charge in [0.15, 0.2) is 5.78 Å². The van der Waals surface area contributed by atoms with Crippen molar-refractivity contribution < 1.29 is 4.79 Å². The molecule has 0 aromatic heterocycles. The third-order valence-electron chi connectivity index (χ3n) is 4.64. The Kier molecular flexibility index (Phi) is 5.52. The van der Waals surface area contributed by atoms with Crippen LogP contribution in [0, 0.1) is 20.8 Å². The van der Waals surface area contributed by atoms with Crippen molar-refractivity contribution in [2.45, 2.75) is 33.2 Å². The summed E-state index contributed by atoms with van der Waals surface area (Å²) in [6.07, 6.45) is 0.417. The van der Waals surface area contributed by atoms with Crippen LogP contribution in [-0.4, -0.2) is 5.78 Å². The molecule has 0 fully saturated rings. The maximum absolute atomic E-state index is 12.8. The van der Waals surface area contributed by atoms with Crippen LogP contribution < -0.4 is 5.32 Å². The molecule has 0 aliphatic rings. The Morgan fingerprint density at radius 1 is 0.731 bits per heavy atom. The second-order valence-electron chi connectivity index (χ2n) is 6.97. The number of hydrogen-bond donors (Lipinski definition) is 1. The molecule has 0 saturated carbocycles. The van der Waals surface area contributed by atoms with E-state index < -0.39 is 0 Å². The quantitative estimate of drug-likeness (QED) is 0.553. The van der Waals surface area contributed by atoms with E-state index in [0.717, 1.165) is 22.4 Å². The van der Waals surface area contributed by atoms with Crippen molar-refractivity contribution in [2.24, 2.45) is 0 Å². The zero-order valence-corrected chi connectivity index (χ0v) is 15.6. The third-order valence-corrected chi connectivity index (χ3v) is 4.64. The second-order valence-corrected chi connectivity index (χ2v) is 6.97. The number of rotatable bonds is 6. The number of Topliss-reactive ketones (excluding diaryl/α,β-unsaturated/α-hetero) is 1. The van der Waals surface area contributed by atoms with Gasteiger partial charge in [-0.1, -0.05) is 77.4 Å². The highest BCUT2D eigenvalue weighted by Gasteiger charge is 2.17. The topological polar surface area (TPSA) is 29.1 Å². The lowest BCUT2D eigenvalue weighted by atomic mass is 9.96. The van der Waals surface area contributed by atoms with Crippen LogP contribution in [0.15, 0.2) is 72.8 Å². The smallest absolute Gasteiger partial charge is 0.165 e. The van der Waals surface area contributed by atoms with Crippen LogP contribution in [0.25, 0.3) is 0 Å². The number of aryl methyl sites for hydroxylation is 3. The van der Waals surface area contributed by atoms with E-state index in [1.54, 1.807) is 0 Å². The number of carbonyl (C=O) groups is 1. The van der Waals surface area contributed by atoms with Gasteiger partial charge in [-0.3, -0.25) is 4.79 Å². The van der Waals surface area contributed by atoms with E-state index in [4.69, 9.17) is 0 Å². The maximum Gasteiger partial charge on any atom is 0.165 e. The van der Waals surface area contributed by atoms with Crippen LogP contribution in [0.3, 0.4) is 0 Å². The van der Waals surface area contributed by atoms with Gasteiger partial charge in [-0.05, 0) is 38.5 Å². The van der Waals surface area contributed by atoms with E-state index in [0.29, 0.717) is 6.42 Å². The van der Waals surface area contributed by atoms with Gasteiger partial charge in [-0.2, -0.15) is 0 Å². The van der Waals surface area contributed by atoms with Gasteiger partial charge in [0.25, 0.3) is 0 Å². The molecule has 0 heterocycles. The first-order valence-corrected chi connectivity index (χ1v) is 9.01. The molecule has 2 heteroatoms. The summed E-state index contributed by atoms with van der Waals surface area (Å²) >= 11 is 0. The van der Waals surface area contributed by atoms with E-state index in [1.165, 1.54) is 11.1 Å². The van der Waals surface area contributed by atoms with Crippen LogP contribution in [-0.2, 0) is 0 Å². The first kappa shape index (κ1) is 17.9. The van der Waals surface area contributed by atoms with E-state index >= 15 is 0 Å². The Morgan fingerprint density at radius 2 is 1.19 bits per heavy atom. The lowest BCUT2D eigenvalue weighted by Crippen LogP contribution is -2.16. The Bertz CT molecular complexity index is 862. The van der Waals surface area contributed by atoms with E-state index in [1.807, 2.05) is 31.2 Å². The van der Waals surface area contributed by atoms with Crippen molar-refractivity contribution in [3.8, 4) is 0 Å². The highest BCUT2D eigenvalue weighted by molar-refractivity contribution is 5.96. The number of ketones is 1. The lowest BCUT2D eigenvalue weighted by Gasteiger charge is -2.20. The predicted octanol–water partition coefficient (Wildman–Crippen LogP) is 6.04. The second kappa shape index (κ2) is 8.01. The summed E-state index contributed by atoms with van der Waals surface area (Å²) in [4.78, 5) is 12.8. The third kappa shape index (κ3) is 4.60. The van der Waals surface area contributed by atoms with Crippen molar-refractivity contribution in [1.82, 2.24) is 0 Å². The highest BCUT2D eigenvalue weighted by Crippen LogP contribution is 2.25. The maximum atomic E-state index is 12.8. The highest BCUT2D eigenvalue weighted by atomic mass is 16.1. The summed E-state index contributed by atoms with van der Waals surface area (Å²) < 4.78 is 0. The largest absolute Gasteiger partial charge is 0.378 e. The first-order chi connectivity index (χ1) is 12.5. The van der Waals surface area contributed by atoms with Gasteiger partial charge in [0, 0.05) is 17.7 Å². The predicted molar refractivity (Wildman–Crippen MR) is 109 cm³/mol. The van der Waals surface area contributed by atoms with E-state index in [-0.39, 0.29) is 11.8 Å². The van der Waals surface area contributed by atoms with Crippen LogP contribution in [0.1, 0.15) is 45.1 Å². The van der Waals surface area contributed by atoms with Gasteiger partial charge < -0.3 is 5.32 Å². The van der Waals surface area contributed by atoms with E-state index in [2.05, 4.69) is 67.7 Å². The van der Waals surface area contributed by atoms with Gasteiger partial charge in [0.05, 0.1) is 6.04 Å². The number of benzene rings is 3. The minimum atomic E-state index is -0.0629. The molecule has 26 heavy (non-hydrogen) atoms. The summed E-state index contributed by atoms with van der Waals surface area (Å²) in [6, 6.07) is 24.4. The summed E-state index contributed by atoms with van der Waals surface area (Å²) in [5.41, 5.74) is 6.51. The average Bonchev–Trinajstić information content (AvgIpc) is 2.64. The van der Waals surface area contributed by atoms with Crippen LogP contribution in [0.2, 0.25) is 0 Å². The zero-order chi connectivity index (χ0) is 18.5. The SMILES string of the molecule is Cc1ccc(NC(CC(=O)c2ccc(C)cc2)c2ccc(C)cc2)cc1. The molecule has 1 unspecified atom stereocenters. The van der Waals surface area contributed by atoms with Crippen molar-refractivity contribution in [2.75, 3.05) is 5.32 Å². The molecule has 0 aliphatic carbocycles. The van der Waals surface area contributed by atoms with Gasteiger partial charge in [0.1, 0.15) is 0 Å². The number of anilines is 1. The molecular formula is C24H25NO. The molecule has 0 saturated heterocycles. The molecule has 0 aliphatic heterocycles. The molecule has 2 nitrogen and oxygen atoms in total. The number of hydrogen-bond acceptors (Lipinski definition) is 2. The van der Waals surface area contributed by atoms with Crippen molar-refractivity contribution >= 4 is 11.5 Å². The molecule has 0 spiro atoms. The minimum absolute atomic E-state index is 0.0629. The Balaban J connectivity index is 1.84. The average molecular weight is 343 g/mol. The Labute approximate surface area is 155 Å². The number of nitrogens with one attached hydrogen (secondary N) is 1. The van der Waals surface area contributed by atoms with Crippen LogP contribution >= 0.6 is 0 Å². The normalized spacial score (nSPS) is 11.8. The fourth-order valence-electron chi connectivity index (χ4n) is 2.94. The molecule has 1 N–H and O–H groups in total. The van der Waals surface area contributed by atoms with Gasteiger partial charge >= 0.3 is 0 Å². The first-order valence-electron chi connectivity index (χ1n) is 9.01. The van der Waals surface area contributed by atoms with Gasteiger partial charge in [0.2, 0.25) is 0 Å². The Morgan fingerprint density at radius 3 is 1.73 bits per heavy atom.